The molecule has 2 amide bonds. The van der Waals surface area contributed by atoms with Gasteiger partial charge in [0.2, 0.25) is 21.8 Å². The summed E-state index contributed by atoms with van der Waals surface area (Å²) in [6, 6.07) is 10.3. The van der Waals surface area contributed by atoms with Crippen LogP contribution in [0.4, 0.5) is 5.69 Å². The van der Waals surface area contributed by atoms with Crippen molar-refractivity contribution >= 4 is 39.1 Å². The van der Waals surface area contributed by atoms with Gasteiger partial charge in [0.1, 0.15) is 11.8 Å². The van der Waals surface area contributed by atoms with Crippen LogP contribution in [0.15, 0.2) is 47.4 Å². The number of nitrogens with zero attached hydrogens (tertiary/aromatic N) is 1. The van der Waals surface area contributed by atoms with Crippen LogP contribution in [0.25, 0.3) is 0 Å². The molecular weight excluding hydrogens is 442 g/mol. The van der Waals surface area contributed by atoms with Crippen LogP contribution in [-0.4, -0.2) is 50.8 Å². The first-order valence-electron chi connectivity index (χ1n) is 9.72. The average molecular weight is 466 g/mol. The van der Waals surface area contributed by atoms with Gasteiger partial charge in [-0.3, -0.25) is 9.59 Å². The fraction of sp³-hybridized carbons (Fsp3) is 0.333. The van der Waals surface area contributed by atoms with Crippen LogP contribution in [0, 0.1) is 6.92 Å². The van der Waals surface area contributed by atoms with Gasteiger partial charge in [-0.15, -0.1) is 0 Å². The molecule has 1 saturated heterocycles. The Bertz CT molecular complexity index is 1070. The van der Waals surface area contributed by atoms with Crippen molar-refractivity contribution in [2.75, 3.05) is 25.5 Å². The second-order valence-corrected chi connectivity index (χ2v) is 9.43. The number of carbonyl (C=O) groups excluding carboxylic acids is 2. The molecule has 1 aliphatic rings. The summed E-state index contributed by atoms with van der Waals surface area (Å²) in [5.41, 5.74) is 1.27. The van der Waals surface area contributed by atoms with Crippen LogP contribution in [-0.2, 0) is 19.6 Å². The average Bonchev–Trinajstić information content (AvgIpc) is 3.26. The van der Waals surface area contributed by atoms with E-state index in [9.17, 15) is 18.0 Å². The van der Waals surface area contributed by atoms with Crippen molar-refractivity contribution in [1.29, 1.82) is 0 Å². The number of halogens is 1. The maximum Gasteiger partial charge on any atom is 0.243 e. The molecule has 1 aliphatic heterocycles. The van der Waals surface area contributed by atoms with Crippen molar-refractivity contribution in [2.45, 2.75) is 30.7 Å². The lowest BCUT2D eigenvalue weighted by Gasteiger charge is -2.23. The number of rotatable bonds is 7. The van der Waals surface area contributed by atoms with Gasteiger partial charge in [-0.05, 0) is 61.7 Å². The third-order valence-corrected chi connectivity index (χ3v) is 7.47. The monoisotopic (exact) mass is 465 g/mol. The van der Waals surface area contributed by atoms with E-state index in [4.69, 9.17) is 16.3 Å². The lowest BCUT2D eigenvalue weighted by Crippen LogP contribution is -2.47. The molecule has 0 unspecified atom stereocenters. The lowest BCUT2D eigenvalue weighted by atomic mass is 10.2. The van der Waals surface area contributed by atoms with Gasteiger partial charge in [0.25, 0.3) is 0 Å². The normalized spacial score (nSPS) is 16.7. The van der Waals surface area contributed by atoms with E-state index in [1.807, 2.05) is 0 Å². The van der Waals surface area contributed by atoms with Gasteiger partial charge in [-0.2, -0.15) is 4.31 Å². The Kier molecular flexibility index (Phi) is 7.19. The molecule has 3 rings (SSSR count). The molecule has 0 bridgehead atoms. The molecule has 166 valence electrons. The van der Waals surface area contributed by atoms with Crippen molar-refractivity contribution in [3.63, 3.8) is 0 Å². The fourth-order valence-corrected chi connectivity index (χ4v) is 5.23. The third-order valence-electron chi connectivity index (χ3n) is 5.14. The van der Waals surface area contributed by atoms with Gasteiger partial charge in [0.05, 0.1) is 18.6 Å². The number of sulfonamides is 1. The molecule has 0 aromatic heterocycles. The van der Waals surface area contributed by atoms with Gasteiger partial charge >= 0.3 is 0 Å². The number of carbonyl (C=O) groups is 2. The largest absolute Gasteiger partial charge is 0.497 e. The first kappa shape index (κ1) is 23.1. The Morgan fingerprint density at radius 2 is 1.90 bits per heavy atom. The minimum Gasteiger partial charge on any atom is -0.497 e. The number of nitrogens with one attached hydrogen (secondary N) is 2. The van der Waals surface area contributed by atoms with Crippen LogP contribution >= 0.6 is 11.6 Å². The highest BCUT2D eigenvalue weighted by atomic mass is 35.5. The molecule has 0 radical (unpaired) electrons. The van der Waals surface area contributed by atoms with Crippen LogP contribution in [0.2, 0.25) is 5.02 Å². The number of methoxy groups -OCH3 is 1. The topological polar surface area (TPSA) is 105 Å². The van der Waals surface area contributed by atoms with E-state index in [0.717, 1.165) is 5.56 Å². The first-order chi connectivity index (χ1) is 14.7. The van der Waals surface area contributed by atoms with Gasteiger partial charge in [-0.25, -0.2) is 8.42 Å². The highest BCUT2D eigenvalue weighted by molar-refractivity contribution is 7.89. The number of hydrogen-bond acceptors (Lipinski definition) is 5. The maximum absolute atomic E-state index is 13.0. The Labute approximate surface area is 186 Å². The Hall–Kier alpha value is -2.62. The van der Waals surface area contributed by atoms with Crippen molar-refractivity contribution in [2.24, 2.45) is 0 Å². The second-order valence-electron chi connectivity index (χ2n) is 7.13. The summed E-state index contributed by atoms with van der Waals surface area (Å²) in [5, 5.41) is 5.75. The number of amides is 2. The maximum atomic E-state index is 13.0. The minimum atomic E-state index is -3.85. The summed E-state index contributed by atoms with van der Waals surface area (Å²) in [5.74, 6) is -0.399. The highest BCUT2D eigenvalue weighted by Gasteiger charge is 2.39. The smallest absolute Gasteiger partial charge is 0.243 e. The molecule has 31 heavy (non-hydrogen) atoms. The zero-order chi connectivity index (χ0) is 22.6. The van der Waals surface area contributed by atoms with Gasteiger partial charge in [0, 0.05) is 17.3 Å². The Balaban J connectivity index is 1.64. The van der Waals surface area contributed by atoms with Crippen molar-refractivity contribution < 1.29 is 22.7 Å². The second kappa shape index (κ2) is 9.67. The number of hydrogen-bond donors (Lipinski definition) is 2. The Morgan fingerprint density at radius 3 is 2.58 bits per heavy atom. The van der Waals surface area contributed by atoms with Gasteiger partial charge in [0.15, 0.2) is 0 Å². The summed E-state index contributed by atoms with van der Waals surface area (Å²) in [4.78, 5) is 25.0. The molecule has 0 saturated carbocycles. The molecule has 1 fully saturated rings. The lowest BCUT2D eigenvalue weighted by molar-refractivity contribution is -0.126. The number of ether oxygens (including phenoxy) is 1. The predicted octanol–water partition coefficient (Wildman–Crippen LogP) is 2.57. The van der Waals surface area contributed by atoms with Crippen molar-refractivity contribution in [1.82, 2.24) is 9.62 Å². The highest BCUT2D eigenvalue weighted by Crippen LogP contribution is 2.27. The summed E-state index contributed by atoms with van der Waals surface area (Å²) >= 11 is 6.05. The Morgan fingerprint density at radius 1 is 1.19 bits per heavy atom. The van der Waals surface area contributed by atoms with Crippen LogP contribution in [0.3, 0.4) is 0 Å². The summed E-state index contributed by atoms with van der Waals surface area (Å²) in [6.45, 7) is 1.73. The van der Waals surface area contributed by atoms with E-state index in [2.05, 4.69) is 10.6 Å². The summed E-state index contributed by atoms with van der Waals surface area (Å²) in [7, 11) is -2.36. The quantitative estimate of drug-likeness (QED) is 0.653. The van der Waals surface area contributed by atoms with Crippen LogP contribution in [0.5, 0.6) is 5.75 Å². The van der Waals surface area contributed by atoms with Crippen molar-refractivity contribution in [3.05, 3.63) is 53.1 Å². The number of anilines is 1. The van der Waals surface area contributed by atoms with Gasteiger partial charge in [-0.1, -0.05) is 17.7 Å². The molecule has 2 N–H and O–H groups in total. The molecule has 2 aromatic rings. The fourth-order valence-electron chi connectivity index (χ4n) is 3.40. The van der Waals surface area contributed by atoms with Gasteiger partial charge < -0.3 is 15.4 Å². The molecule has 8 nitrogen and oxygen atoms in total. The molecule has 1 atom stereocenters. The molecule has 2 aromatic carbocycles. The number of benzene rings is 2. The van der Waals surface area contributed by atoms with E-state index in [-0.39, 0.29) is 18.0 Å². The van der Waals surface area contributed by atoms with E-state index >= 15 is 0 Å². The first-order valence-corrected chi connectivity index (χ1v) is 11.5. The predicted molar refractivity (Wildman–Crippen MR) is 118 cm³/mol. The summed E-state index contributed by atoms with van der Waals surface area (Å²) < 4.78 is 32.3. The minimum absolute atomic E-state index is 0.0853. The van der Waals surface area contributed by atoms with Crippen LogP contribution < -0.4 is 15.4 Å². The molecule has 1 heterocycles. The zero-order valence-corrected chi connectivity index (χ0v) is 18.8. The van der Waals surface area contributed by atoms with Crippen molar-refractivity contribution in [3.8, 4) is 5.75 Å². The third kappa shape index (κ3) is 5.17. The zero-order valence-electron chi connectivity index (χ0n) is 17.2. The van der Waals surface area contributed by atoms with E-state index < -0.39 is 27.9 Å². The standard InChI is InChI=1S/C21H24ClN3O5S/c1-14-17(22)5-3-6-18(14)24-20(26)13-23-21(27)19-7-4-12-25(19)31(28,29)16-10-8-15(30-2)9-11-16/h3,5-6,8-11,19H,4,7,12-13H2,1-2H3,(H,23,27)(H,24,26)/t19-/m1/s1. The van der Waals surface area contributed by atoms with E-state index in [1.165, 1.54) is 23.5 Å². The molecular formula is C21H24ClN3O5S. The summed E-state index contributed by atoms with van der Waals surface area (Å²) in [6.07, 6.45) is 0.942. The molecule has 0 aliphatic carbocycles. The SMILES string of the molecule is COc1ccc(S(=O)(=O)N2CCC[C@@H]2C(=O)NCC(=O)Nc2cccc(Cl)c2C)cc1. The molecule has 0 spiro atoms. The van der Waals surface area contributed by atoms with E-state index in [0.29, 0.717) is 29.3 Å². The van der Waals surface area contributed by atoms with Crippen LogP contribution in [0.1, 0.15) is 18.4 Å². The van der Waals surface area contributed by atoms with E-state index in [1.54, 1.807) is 37.3 Å². The molecule has 10 heteroatoms.